The molecule has 0 spiro atoms. The highest BCUT2D eigenvalue weighted by Crippen LogP contribution is 2.38. The molecular formula is C40H44O5. The summed E-state index contributed by atoms with van der Waals surface area (Å²) in [6.07, 6.45) is 6.19. The van der Waals surface area contributed by atoms with Gasteiger partial charge >= 0.3 is 5.97 Å². The lowest BCUT2D eigenvalue weighted by atomic mass is 9.88. The summed E-state index contributed by atoms with van der Waals surface area (Å²) in [5.41, 5.74) is 9.61. The molecule has 0 bridgehead atoms. The Morgan fingerprint density at radius 3 is 2.27 bits per heavy atom. The molecule has 0 saturated heterocycles. The Balaban J connectivity index is 1.30. The summed E-state index contributed by atoms with van der Waals surface area (Å²) in [4.78, 5) is 12.1. The number of fused-ring (bicyclic) bond motifs is 2. The number of ether oxygens (including phenoxy) is 4. The van der Waals surface area contributed by atoms with E-state index in [1.165, 1.54) is 46.1 Å². The molecule has 3 atom stereocenters. The van der Waals surface area contributed by atoms with Crippen LogP contribution in [0.5, 0.6) is 5.75 Å². The summed E-state index contributed by atoms with van der Waals surface area (Å²) in [5.74, 6) is 0.690. The van der Waals surface area contributed by atoms with Crippen LogP contribution >= 0.6 is 0 Å². The molecule has 0 fully saturated rings. The highest BCUT2D eigenvalue weighted by molar-refractivity contribution is 5.77. The van der Waals surface area contributed by atoms with Gasteiger partial charge in [-0.25, -0.2) is 4.79 Å². The zero-order chi connectivity index (χ0) is 31.6. The third-order valence-corrected chi connectivity index (χ3v) is 8.42. The average Bonchev–Trinajstić information content (AvgIpc) is 3.22. The third kappa shape index (κ3) is 8.10. The quantitative estimate of drug-likeness (QED) is 0.107. The lowest BCUT2D eigenvalue weighted by Crippen LogP contribution is -2.27. The van der Waals surface area contributed by atoms with Crippen LogP contribution in [0.3, 0.4) is 0 Å². The molecule has 0 amide bonds. The molecular weight excluding hydrogens is 560 g/mol. The minimum absolute atomic E-state index is 0.206. The van der Waals surface area contributed by atoms with Gasteiger partial charge in [0.25, 0.3) is 0 Å². The third-order valence-electron chi connectivity index (χ3n) is 8.42. The van der Waals surface area contributed by atoms with Gasteiger partial charge in [-0.2, -0.15) is 0 Å². The monoisotopic (exact) mass is 604 g/mol. The number of carbonyl (C=O) groups is 1. The van der Waals surface area contributed by atoms with Crippen LogP contribution in [0.1, 0.15) is 83.7 Å². The molecule has 0 aliphatic heterocycles. The van der Waals surface area contributed by atoms with E-state index in [1.807, 2.05) is 24.3 Å². The van der Waals surface area contributed by atoms with Gasteiger partial charge in [0.15, 0.2) is 6.10 Å². The van der Waals surface area contributed by atoms with Crippen LogP contribution in [0.25, 0.3) is 12.2 Å². The van der Waals surface area contributed by atoms with Crippen molar-refractivity contribution in [3.05, 3.63) is 136 Å². The van der Waals surface area contributed by atoms with E-state index in [4.69, 9.17) is 18.9 Å². The van der Waals surface area contributed by atoms with Crippen molar-refractivity contribution in [1.82, 2.24) is 0 Å². The SMILES string of the molecule is CCCc1ccc2c(c1)C(OCCOc1ccc(CC(OC)C(=O)OCC)cc1)c1ccc(C(C)c3ccccc3)cc1C=C2. The van der Waals surface area contributed by atoms with Gasteiger partial charge < -0.3 is 18.9 Å². The highest BCUT2D eigenvalue weighted by Gasteiger charge is 2.24. The number of hydrogen-bond acceptors (Lipinski definition) is 5. The van der Waals surface area contributed by atoms with Crippen LogP contribution in [0.15, 0.2) is 91.0 Å². The fraction of sp³-hybridized carbons (Fsp3) is 0.325. The first-order valence-corrected chi connectivity index (χ1v) is 16.0. The fourth-order valence-corrected chi connectivity index (χ4v) is 5.91. The summed E-state index contributed by atoms with van der Waals surface area (Å²) in [6, 6.07) is 31.9. The molecule has 0 N–H and O–H groups in total. The molecule has 0 saturated carbocycles. The van der Waals surface area contributed by atoms with Crippen molar-refractivity contribution in [3.63, 3.8) is 0 Å². The van der Waals surface area contributed by atoms with Crippen molar-refractivity contribution >= 4 is 18.1 Å². The van der Waals surface area contributed by atoms with Crippen LogP contribution in [0.4, 0.5) is 0 Å². The second kappa shape index (κ2) is 15.7. The number of methoxy groups -OCH3 is 1. The first-order chi connectivity index (χ1) is 22.0. The molecule has 45 heavy (non-hydrogen) atoms. The first kappa shape index (κ1) is 32.2. The lowest BCUT2D eigenvalue weighted by Gasteiger charge is -2.23. The number of hydrogen-bond donors (Lipinski definition) is 0. The van der Waals surface area contributed by atoms with Crippen LogP contribution in [-0.4, -0.2) is 39.0 Å². The van der Waals surface area contributed by atoms with Gasteiger partial charge in [0.2, 0.25) is 0 Å². The Morgan fingerprint density at radius 2 is 1.53 bits per heavy atom. The van der Waals surface area contributed by atoms with Crippen molar-refractivity contribution < 1.29 is 23.7 Å². The van der Waals surface area contributed by atoms with E-state index in [1.54, 1.807) is 6.92 Å². The van der Waals surface area contributed by atoms with Crippen molar-refractivity contribution in [1.29, 1.82) is 0 Å². The molecule has 3 unspecified atom stereocenters. The highest BCUT2D eigenvalue weighted by atomic mass is 16.6. The number of rotatable bonds is 14. The van der Waals surface area contributed by atoms with Crippen molar-refractivity contribution in [3.8, 4) is 5.75 Å². The largest absolute Gasteiger partial charge is 0.491 e. The summed E-state index contributed by atoms with van der Waals surface area (Å²) in [5, 5.41) is 0. The van der Waals surface area contributed by atoms with Crippen molar-refractivity contribution in [2.75, 3.05) is 26.9 Å². The van der Waals surface area contributed by atoms with E-state index in [0.29, 0.717) is 26.2 Å². The molecule has 4 aromatic carbocycles. The van der Waals surface area contributed by atoms with Gasteiger partial charge in [0.05, 0.1) is 13.2 Å². The maximum absolute atomic E-state index is 12.1. The predicted octanol–water partition coefficient (Wildman–Crippen LogP) is 8.58. The Bertz CT molecular complexity index is 1570. The van der Waals surface area contributed by atoms with Gasteiger partial charge in [0, 0.05) is 19.4 Å². The maximum atomic E-state index is 12.1. The van der Waals surface area contributed by atoms with Gasteiger partial charge in [-0.05, 0) is 70.0 Å². The zero-order valence-corrected chi connectivity index (χ0v) is 26.8. The van der Waals surface area contributed by atoms with Gasteiger partial charge in [-0.3, -0.25) is 0 Å². The van der Waals surface area contributed by atoms with Crippen LogP contribution in [0.2, 0.25) is 0 Å². The molecule has 234 valence electrons. The molecule has 0 heterocycles. The van der Waals surface area contributed by atoms with Crippen LogP contribution in [0, 0.1) is 0 Å². The van der Waals surface area contributed by atoms with Crippen molar-refractivity contribution in [2.45, 2.75) is 58.2 Å². The smallest absolute Gasteiger partial charge is 0.335 e. The number of benzene rings is 4. The standard InChI is InChI=1S/C40H44O5/c1-5-10-29-13-16-32-17-18-34-27-33(28(3)31-11-8-7-9-12-31)19-22-36(34)39(37(32)25-29)45-24-23-44-35-20-14-30(15-21-35)26-38(42-4)40(41)43-6-2/h7-9,11-22,25,27-28,38-39H,5-6,10,23-24,26H2,1-4H3. The number of carbonyl (C=O) groups excluding carboxylic acids is 1. The van der Waals surface area contributed by atoms with E-state index in [9.17, 15) is 4.79 Å². The Morgan fingerprint density at radius 1 is 0.778 bits per heavy atom. The Hall–Kier alpha value is -4.19. The molecule has 4 aromatic rings. The molecule has 5 nitrogen and oxygen atoms in total. The number of aryl methyl sites for hydroxylation is 1. The second-order valence-electron chi connectivity index (χ2n) is 11.5. The van der Waals surface area contributed by atoms with Crippen molar-refractivity contribution in [2.24, 2.45) is 0 Å². The molecule has 5 rings (SSSR count). The molecule has 1 aliphatic carbocycles. The van der Waals surface area contributed by atoms with Crippen LogP contribution in [-0.2, 0) is 31.8 Å². The molecule has 0 radical (unpaired) electrons. The number of esters is 1. The molecule has 1 aliphatic rings. The van der Waals surface area contributed by atoms with E-state index in [0.717, 1.165) is 24.2 Å². The second-order valence-corrected chi connectivity index (χ2v) is 11.5. The van der Waals surface area contributed by atoms with E-state index < -0.39 is 6.10 Å². The predicted molar refractivity (Wildman–Crippen MR) is 181 cm³/mol. The molecule has 0 aromatic heterocycles. The average molecular weight is 605 g/mol. The lowest BCUT2D eigenvalue weighted by molar-refractivity contribution is -0.154. The zero-order valence-electron chi connectivity index (χ0n) is 26.8. The topological polar surface area (TPSA) is 54.0 Å². The first-order valence-electron chi connectivity index (χ1n) is 16.0. The minimum atomic E-state index is -0.625. The normalized spacial score (nSPS) is 15.0. The summed E-state index contributed by atoms with van der Waals surface area (Å²) in [7, 11) is 1.52. The molecule has 5 heteroatoms. The summed E-state index contributed by atoms with van der Waals surface area (Å²) in [6.45, 7) is 7.44. The van der Waals surface area contributed by atoms with Gasteiger partial charge in [-0.1, -0.05) is 111 Å². The van der Waals surface area contributed by atoms with E-state index >= 15 is 0 Å². The maximum Gasteiger partial charge on any atom is 0.335 e. The Labute approximate surface area is 267 Å². The summed E-state index contributed by atoms with van der Waals surface area (Å²) >= 11 is 0. The summed E-state index contributed by atoms with van der Waals surface area (Å²) < 4.78 is 23.2. The van der Waals surface area contributed by atoms with Gasteiger partial charge in [0.1, 0.15) is 18.5 Å². The van der Waals surface area contributed by atoms with Gasteiger partial charge in [-0.15, -0.1) is 0 Å². The fourth-order valence-electron chi connectivity index (χ4n) is 5.91. The minimum Gasteiger partial charge on any atom is -0.491 e. The van der Waals surface area contributed by atoms with Crippen LogP contribution < -0.4 is 4.74 Å². The van der Waals surface area contributed by atoms with E-state index in [-0.39, 0.29) is 18.0 Å². The Kier molecular flexibility index (Phi) is 11.2. The van der Waals surface area contributed by atoms with E-state index in [2.05, 4.69) is 92.7 Å².